The number of aliphatic carboxylic acids is 1. The number of phenols is 1. The lowest BCUT2D eigenvalue weighted by atomic mass is 10.0. The Balaban J connectivity index is 1.68. The van der Waals surface area contributed by atoms with Crippen molar-refractivity contribution in [3.05, 3.63) is 102 Å². The fourth-order valence-electron chi connectivity index (χ4n) is 6.96. The van der Waals surface area contributed by atoms with E-state index in [-0.39, 0.29) is 63.2 Å². The molecule has 0 fully saturated rings. The van der Waals surface area contributed by atoms with Gasteiger partial charge in [-0.3, -0.25) is 43.3 Å². The summed E-state index contributed by atoms with van der Waals surface area (Å²) in [6.45, 7) is 2.69. The summed E-state index contributed by atoms with van der Waals surface area (Å²) < 4.78 is 0. The van der Waals surface area contributed by atoms with Crippen LogP contribution in [-0.4, -0.2) is 117 Å². The molecule has 68 heavy (non-hydrogen) atoms. The van der Waals surface area contributed by atoms with Crippen molar-refractivity contribution < 1.29 is 48.6 Å². The molecule has 17 N–H and O–H groups in total. The standard InChI is InChI=1S/C46H60N12O10/c1-25(47)39(61)56-36(21-27-9-4-3-5-10-27)43(65)55-34(18-19-38(48)60)41(63)54-33(13-8-20-51-46(49)50)40(62)58-37(23-29-24-52-32-12-7-6-11-31(29)32)44(66)57-35(42(64)53-26(2)45(67)68)22-28-14-16-30(59)17-15-28/h3-7,9-12,14-17,24-26,33-37,52,59H,8,13,18-23,47H2,1-2H3,(H2,48,60)(H,53,64)(H,54,63)(H,55,65)(H,56,61)(H,57,66)(H,58,62)(H,67,68)(H4,49,50,51)/t25-,26-,33-,34-,35-,36-,37-/m0/s1. The average molecular weight is 941 g/mol. The number of carboxylic acid groups (broad SMARTS) is 1. The van der Waals surface area contributed by atoms with Gasteiger partial charge in [-0.15, -0.1) is 0 Å². The third-order valence-corrected chi connectivity index (χ3v) is 10.7. The predicted molar refractivity (Wildman–Crippen MR) is 251 cm³/mol. The first-order chi connectivity index (χ1) is 32.3. The highest BCUT2D eigenvalue weighted by Crippen LogP contribution is 2.20. The Morgan fingerprint density at radius 2 is 1.09 bits per heavy atom. The third-order valence-electron chi connectivity index (χ3n) is 10.7. The van der Waals surface area contributed by atoms with Crippen molar-refractivity contribution in [2.75, 3.05) is 6.54 Å². The normalized spacial score (nSPS) is 14.0. The van der Waals surface area contributed by atoms with Gasteiger partial charge in [-0.05, 0) is 68.0 Å². The van der Waals surface area contributed by atoms with E-state index in [9.17, 15) is 48.6 Å². The molecule has 0 spiro atoms. The Labute approximate surface area is 391 Å². The number of amides is 7. The summed E-state index contributed by atoms with van der Waals surface area (Å²) in [5, 5.41) is 35.6. The summed E-state index contributed by atoms with van der Waals surface area (Å²) in [5.74, 6) is -7.38. The number of phenolic OH excluding ortho intramolecular Hbond substituents is 1. The number of nitrogens with zero attached hydrogens (tertiary/aromatic N) is 1. The van der Waals surface area contributed by atoms with E-state index in [1.165, 1.54) is 38.1 Å². The Morgan fingerprint density at radius 3 is 1.65 bits per heavy atom. The minimum Gasteiger partial charge on any atom is -0.508 e. The fourth-order valence-corrected chi connectivity index (χ4v) is 6.96. The van der Waals surface area contributed by atoms with Crippen LogP contribution in [0.3, 0.4) is 0 Å². The van der Waals surface area contributed by atoms with E-state index in [1.54, 1.807) is 60.8 Å². The molecular weight excluding hydrogens is 881 g/mol. The second-order valence-electron chi connectivity index (χ2n) is 16.2. The number of H-pyrrole nitrogens is 1. The number of nitrogens with one attached hydrogen (secondary N) is 7. The first-order valence-electron chi connectivity index (χ1n) is 21.8. The van der Waals surface area contributed by atoms with Crippen LogP contribution in [0.4, 0.5) is 0 Å². The maximum absolute atomic E-state index is 14.5. The number of aliphatic imine (C=N–C) groups is 1. The van der Waals surface area contributed by atoms with Gasteiger partial charge >= 0.3 is 5.97 Å². The Kier molecular flexibility index (Phi) is 19.8. The minimum atomic E-state index is -1.48. The molecule has 22 heteroatoms. The molecule has 364 valence electrons. The molecule has 7 amide bonds. The summed E-state index contributed by atoms with van der Waals surface area (Å²) in [7, 11) is 0. The van der Waals surface area contributed by atoms with Crippen LogP contribution in [0.25, 0.3) is 10.9 Å². The number of primary amides is 1. The number of carboxylic acids is 1. The molecule has 7 atom stereocenters. The molecule has 22 nitrogen and oxygen atoms in total. The van der Waals surface area contributed by atoms with Crippen molar-refractivity contribution in [3.8, 4) is 5.75 Å². The van der Waals surface area contributed by atoms with Crippen LogP contribution < -0.4 is 54.8 Å². The third kappa shape index (κ3) is 16.8. The van der Waals surface area contributed by atoms with E-state index < -0.39 is 89.6 Å². The maximum Gasteiger partial charge on any atom is 0.325 e. The molecule has 0 bridgehead atoms. The quantitative estimate of drug-likeness (QED) is 0.0196. The highest BCUT2D eigenvalue weighted by atomic mass is 16.4. The molecule has 1 aromatic heterocycles. The van der Waals surface area contributed by atoms with Gasteiger partial charge in [0, 0.05) is 49.3 Å². The van der Waals surface area contributed by atoms with E-state index in [0.29, 0.717) is 22.1 Å². The van der Waals surface area contributed by atoms with E-state index in [2.05, 4.69) is 41.9 Å². The monoisotopic (exact) mass is 940 g/mol. The predicted octanol–water partition coefficient (Wildman–Crippen LogP) is -1.42. The number of carbonyl (C=O) groups is 8. The van der Waals surface area contributed by atoms with Crippen LogP contribution in [0, 0.1) is 0 Å². The van der Waals surface area contributed by atoms with Crippen molar-refractivity contribution in [2.45, 2.75) is 101 Å². The number of aromatic amines is 1. The lowest BCUT2D eigenvalue weighted by Gasteiger charge is -2.27. The number of carbonyl (C=O) groups excluding carboxylic acids is 7. The Hall–Kier alpha value is -8.01. The molecule has 0 saturated carbocycles. The highest BCUT2D eigenvalue weighted by molar-refractivity contribution is 5.98. The van der Waals surface area contributed by atoms with Gasteiger partial charge in [-0.25, -0.2) is 0 Å². The zero-order valence-corrected chi connectivity index (χ0v) is 37.7. The second kappa shape index (κ2) is 25.6. The van der Waals surface area contributed by atoms with Crippen LogP contribution in [0.15, 0.2) is 90.1 Å². The number of aromatic hydroxyl groups is 1. The van der Waals surface area contributed by atoms with Gasteiger partial charge in [0.2, 0.25) is 41.4 Å². The van der Waals surface area contributed by atoms with Crippen molar-refractivity contribution in [3.63, 3.8) is 0 Å². The molecule has 0 aliphatic rings. The molecule has 4 aromatic rings. The maximum atomic E-state index is 14.5. The summed E-state index contributed by atoms with van der Waals surface area (Å²) in [6.07, 6.45) is 0.662. The molecule has 1 heterocycles. The number of guanidine groups is 1. The van der Waals surface area contributed by atoms with Gasteiger partial charge in [0.15, 0.2) is 5.96 Å². The molecule has 0 unspecified atom stereocenters. The lowest BCUT2D eigenvalue weighted by Crippen LogP contribution is -2.60. The summed E-state index contributed by atoms with van der Waals surface area (Å²) in [4.78, 5) is 114. The molecule has 0 saturated heterocycles. The van der Waals surface area contributed by atoms with E-state index in [1.807, 2.05) is 0 Å². The number of benzene rings is 3. The summed E-state index contributed by atoms with van der Waals surface area (Å²) in [6, 6.07) is 12.4. The molecular formula is C46H60N12O10. The molecule has 0 aliphatic heterocycles. The second-order valence-corrected chi connectivity index (χ2v) is 16.2. The molecule has 0 radical (unpaired) electrons. The minimum absolute atomic E-state index is 0.00103. The first-order valence-corrected chi connectivity index (χ1v) is 21.8. The lowest BCUT2D eigenvalue weighted by molar-refractivity contribution is -0.141. The van der Waals surface area contributed by atoms with Crippen LogP contribution in [0.2, 0.25) is 0 Å². The van der Waals surface area contributed by atoms with Crippen LogP contribution in [0.5, 0.6) is 5.75 Å². The zero-order valence-electron chi connectivity index (χ0n) is 37.7. The number of aromatic nitrogens is 1. The molecule has 4 rings (SSSR count). The number of hydrogen-bond donors (Lipinski definition) is 13. The zero-order chi connectivity index (χ0) is 49.9. The fraction of sp³-hybridized carbons (Fsp3) is 0.370. The van der Waals surface area contributed by atoms with Gasteiger partial charge in [0.1, 0.15) is 42.0 Å². The van der Waals surface area contributed by atoms with Crippen molar-refractivity contribution >= 4 is 64.2 Å². The van der Waals surface area contributed by atoms with Crippen LogP contribution in [-0.2, 0) is 57.6 Å². The van der Waals surface area contributed by atoms with E-state index in [0.717, 1.165) is 5.52 Å². The summed E-state index contributed by atoms with van der Waals surface area (Å²) >= 11 is 0. The smallest absolute Gasteiger partial charge is 0.325 e. The van der Waals surface area contributed by atoms with Gasteiger partial charge in [0.05, 0.1) is 6.04 Å². The van der Waals surface area contributed by atoms with Crippen molar-refractivity contribution in [2.24, 2.45) is 27.9 Å². The Bertz CT molecular complexity index is 2420. The van der Waals surface area contributed by atoms with Crippen LogP contribution in [0.1, 0.15) is 56.2 Å². The largest absolute Gasteiger partial charge is 0.508 e. The number of para-hydroxylation sites is 1. The van der Waals surface area contributed by atoms with Gasteiger partial charge in [-0.2, -0.15) is 0 Å². The number of rotatable bonds is 26. The van der Waals surface area contributed by atoms with Crippen molar-refractivity contribution in [1.82, 2.24) is 36.9 Å². The number of hydrogen-bond acceptors (Lipinski definition) is 11. The molecule has 3 aromatic carbocycles. The Morgan fingerprint density at radius 1 is 0.603 bits per heavy atom. The van der Waals surface area contributed by atoms with E-state index >= 15 is 0 Å². The van der Waals surface area contributed by atoms with Crippen LogP contribution >= 0.6 is 0 Å². The van der Waals surface area contributed by atoms with E-state index in [4.69, 9.17) is 22.9 Å². The average Bonchev–Trinajstić information content (AvgIpc) is 3.70. The highest BCUT2D eigenvalue weighted by Gasteiger charge is 2.34. The SMILES string of the molecule is C[C@H](N)C(=O)N[C@@H](Cc1ccccc1)C(=O)N[C@@H](CCC(N)=O)C(=O)N[C@@H](CCCN=C(N)N)C(=O)N[C@@H](Cc1c[nH]c2ccccc12)C(=O)N[C@@H](Cc1ccc(O)cc1)C(=O)N[C@@H](C)C(=O)O. The first kappa shape index (κ1) is 52.6. The summed E-state index contributed by atoms with van der Waals surface area (Å²) in [5.41, 5.74) is 24.7. The molecule has 0 aliphatic carbocycles. The number of nitrogens with two attached hydrogens (primary N) is 4. The van der Waals surface area contributed by atoms with Gasteiger partial charge in [-0.1, -0.05) is 60.7 Å². The van der Waals surface area contributed by atoms with Gasteiger partial charge < -0.3 is 70.0 Å². The number of fused-ring (bicyclic) bond motifs is 1. The van der Waals surface area contributed by atoms with Gasteiger partial charge in [0.25, 0.3) is 0 Å². The van der Waals surface area contributed by atoms with Crippen molar-refractivity contribution in [1.29, 1.82) is 0 Å². The topological polar surface area (TPSA) is 381 Å².